The van der Waals surface area contributed by atoms with E-state index >= 15 is 0 Å². The lowest BCUT2D eigenvalue weighted by atomic mass is 9.92. The van der Waals surface area contributed by atoms with Crippen molar-refractivity contribution in [1.82, 2.24) is 10.1 Å². The predicted octanol–water partition coefficient (Wildman–Crippen LogP) is 4.62. The van der Waals surface area contributed by atoms with E-state index in [2.05, 4.69) is 10.1 Å². The zero-order valence-corrected chi connectivity index (χ0v) is 24.9. The van der Waals surface area contributed by atoms with Crippen LogP contribution in [-0.4, -0.2) is 65.7 Å². The van der Waals surface area contributed by atoms with E-state index in [0.717, 1.165) is 0 Å². The van der Waals surface area contributed by atoms with Crippen LogP contribution in [0.25, 0.3) is 0 Å². The lowest BCUT2D eigenvalue weighted by Crippen LogP contribution is -2.46. The normalized spacial score (nSPS) is 17.1. The van der Waals surface area contributed by atoms with E-state index in [1.54, 1.807) is 36.3 Å². The summed E-state index contributed by atoms with van der Waals surface area (Å²) in [5, 5.41) is 23.5. The second kappa shape index (κ2) is 13.5. The minimum Gasteiger partial charge on any atom is -0.493 e. The van der Waals surface area contributed by atoms with E-state index < -0.39 is 23.6 Å². The first-order valence-electron chi connectivity index (χ1n) is 13.7. The van der Waals surface area contributed by atoms with Crippen LogP contribution in [0.2, 0.25) is 5.02 Å². The molecular formula is C30H36ClN3O8. The molecule has 0 aliphatic carbocycles. The number of amides is 1. The number of hydrogen-bond acceptors (Lipinski definition) is 9. The minimum absolute atomic E-state index is 0.0119. The van der Waals surface area contributed by atoms with Crippen LogP contribution >= 0.6 is 11.6 Å². The van der Waals surface area contributed by atoms with Gasteiger partial charge in [0.15, 0.2) is 17.3 Å². The van der Waals surface area contributed by atoms with Crippen LogP contribution in [0, 0.1) is 5.41 Å². The molecule has 1 aliphatic heterocycles. The smallest absolute Gasteiger partial charge is 0.303 e. The van der Waals surface area contributed by atoms with Crippen molar-refractivity contribution < 1.29 is 38.5 Å². The molecule has 0 fully saturated rings. The number of aliphatic hydroxyl groups is 1. The summed E-state index contributed by atoms with van der Waals surface area (Å²) in [4.78, 5) is 31.1. The average Bonchev–Trinajstić information content (AvgIpc) is 3.38. The molecule has 3 aromatic rings. The molecule has 226 valence electrons. The number of aliphatic carboxylic acids is 1. The summed E-state index contributed by atoms with van der Waals surface area (Å²) in [6, 6.07) is 10.7. The second-order valence-electron chi connectivity index (χ2n) is 10.9. The molecule has 1 aromatic heterocycles. The van der Waals surface area contributed by atoms with Crippen molar-refractivity contribution in [2.75, 3.05) is 32.3 Å². The molecule has 12 heteroatoms. The van der Waals surface area contributed by atoms with E-state index in [-0.39, 0.29) is 37.7 Å². The number of methoxy groups -OCH3 is 2. The fraction of sp³-hybridized carbons (Fsp3) is 0.467. The number of carbonyl (C=O) groups excluding carboxylic acids is 1. The number of aromatic nitrogens is 2. The number of carboxylic acid groups (broad SMARTS) is 1. The Morgan fingerprint density at radius 1 is 1.14 bits per heavy atom. The predicted molar refractivity (Wildman–Crippen MR) is 154 cm³/mol. The molecule has 2 N–H and O–H groups in total. The Kier molecular flexibility index (Phi) is 10.1. The van der Waals surface area contributed by atoms with E-state index in [1.165, 1.54) is 7.11 Å². The van der Waals surface area contributed by atoms with Gasteiger partial charge in [0.2, 0.25) is 5.89 Å². The number of carbonyl (C=O) groups is 2. The number of halogens is 1. The maximum Gasteiger partial charge on any atom is 0.303 e. The Bertz CT molecular complexity index is 1410. The van der Waals surface area contributed by atoms with Gasteiger partial charge in [0, 0.05) is 59.7 Å². The molecule has 42 heavy (non-hydrogen) atoms. The standard InChI is InChI=1S/C30H36ClN3O8/c1-30(2,17-35)16-34-21-13-12-18(31)14-20(21)27(19-8-7-9-22(39-3)28(19)40-4)41-23(29(34)38)15-24-32-25(42-33-24)10-5-6-11-26(36)37/h7-9,12-14,23,27,35H,5-6,10-11,15-17H2,1-4H3,(H,36,37)/t23-,27-/m1/s1. The zero-order valence-electron chi connectivity index (χ0n) is 24.1. The Balaban J connectivity index is 1.75. The molecule has 4 rings (SSSR count). The molecular weight excluding hydrogens is 566 g/mol. The quantitative estimate of drug-likeness (QED) is 0.266. The summed E-state index contributed by atoms with van der Waals surface area (Å²) >= 11 is 6.48. The van der Waals surface area contributed by atoms with Crippen LogP contribution in [0.4, 0.5) is 5.69 Å². The number of benzene rings is 2. The van der Waals surface area contributed by atoms with Gasteiger partial charge in [-0.1, -0.05) is 42.7 Å². The number of aliphatic hydroxyl groups excluding tert-OH is 1. The van der Waals surface area contributed by atoms with Crippen molar-refractivity contribution in [2.45, 2.75) is 58.2 Å². The number of unbranched alkanes of at least 4 members (excludes halogenated alkanes) is 1. The molecule has 0 bridgehead atoms. The molecule has 1 amide bonds. The summed E-state index contributed by atoms with van der Waals surface area (Å²) < 4.78 is 23.3. The average molecular weight is 602 g/mol. The lowest BCUT2D eigenvalue weighted by molar-refractivity contribution is -0.137. The van der Waals surface area contributed by atoms with E-state index in [4.69, 9.17) is 35.4 Å². The van der Waals surface area contributed by atoms with Gasteiger partial charge in [-0.25, -0.2) is 0 Å². The summed E-state index contributed by atoms with van der Waals surface area (Å²) in [5.41, 5.74) is 1.25. The maximum absolute atomic E-state index is 14.2. The number of rotatable bonds is 13. The summed E-state index contributed by atoms with van der Waals surface area (Å²) in [6.07, 6.45) is -0.276. The Hall–Kier alpha value is -3.67. The molecule has 2 heterocycles. The molecule has 0 radical (unpaired) electrons. The fourth-order valence-corrected chi connectivity index (χ4v) is 5.08. The first-order chi connectivity index (χ1) is 20.1. The molecule has 0 spiro atoms. The fourth-order valence-electron chi connectivity index (χ4n) is 4.90. The lowest BCUT2D eigenvalue weighted by Gasteiger charge is -2.32. The topological polar surface area (TPSA) is 144 Å². The van der Waals surface area contributed by atoms with Gasteiger partial charge in [0.05, 0.1) is 14.2 Å². The summed E-state index contributed by atoms with van der Waals surface area (Å²) in [7, 11) is 3.08. The van der Waals surface area contributed by atoms with Gasteiger partial charge >= 0.3 is 5.97 Å². The van der Waals surface area contributed by atoms with Crippen molar-refractivity contribution in [3.05, 3.63) is 64.3 Å². The minimum atomic E-state index is -1.04. The van der Waals surface area contributed by atoms with Crippen LogP contribution in [0.1, 0.15) is 62.1 Å². The summed E-state index contributed by atoms with van der Waals surface area (Å²) in [6.45, 7) is 3.80. The SMILES string of the molecule is COc1cccc([C@H]2O[C@H](Cc3noc(CCCCC(=O)O)n3)C(=O)N(CC(C)(C)CO)c3ccc(Cl)cc32)c1OC. The highest BCUT2D eigenvalue weighted by molar-refractivity contribution is 6.30. The van der Waals surface area contributed by atoms with Gasteiger partial charge in [-0.3, -0.25) is 9.59 Å². The first-order valence-corrected chi connectivity index (χ1v) is 14.1. The van der Waals surface area contributed by atoms with E-state index in [1.807, 2.05) is 26.0 Å². The molecule has 11 nitrogen and oxygen atoms in total. The van der Waals surface area contributed by atoms with Gasteiger partial charge in [-0.15, -0.1) is 0 Å². The Labute approximate surface area is 249 Å². The number of anilines is 1. The number of aryl methyl sites for hydroxylation is 1. The highest BCUT2D eigenvalue weighted by Gasteiger charge is 2.40. The molecule has 0 unspecified atom stereocenters. The van der Waals surface area contributed by atoms with Crippen LogP contribution < -0.4 is 14.4 Å². The highest BCUT2D eigenvalue weighted by atomic mass is 35.5. The molecule has 2 atom stereocenters. The Morgan fingerprint density at radius 3 is 2.62 bits per heavy atom. The third-order valence-corrected chi connectivity index (χ3v) is 7.28. The van der Waals surface area contributed by atoms with Gasteiger partial charge in [0.25, 0.3) is 5.91 Å². The largest absolute Gasteiger partial charge is 0.493 e. The number of carboxylic acids is 1. The van der Waals surface area contributed by atoms with Crippen LogP contribution in [-0.2, 0) is 27.2 Å². The van der Waals surface area contributed by atoms with E-state index in [9.17, 15) is 14.7 Å². The van der Waals surface area contributed by atoms with Gasteiger partial charge < -0.3 is 33.8 Å². The van der Waals surface area contributed by atoms with Gasteiger partial charge in [0.1, 0.15) is 12.2 Å². The third kappa shape index (κ3) is 7.21. The number of para-hydroxylation sites is 1. The number of hydrogen-bond donors (Lipinski definition) is 2. The van der Waals surface area contributed by atoms with Crippen molar-refractivity contribution in [1.29, 1.82) is 0 Å². The van der Waals surface area contributed by atoms with Gasteiger partial charge in [-0.2, -0.15) is 4.98 Å². The van der Waals surface area contributed by atoms with Crippen LogP contribution in [0.15, 0.2) is 40.9 Å². The maximum atomic E-state index is 14.2. The van der Waals surface area contributed by atoms with Crippen molar-refractivity contribution in [3.63, 3.8) is 0 Å². The number of fused-ring (bicyclic) bond motifs is 1. The van der Waals surface area contributed by atoms with Crippen LogP contribution in [0.3, 0.4) is 0 Å². The van der Waals surface area contributed by atoms with Crippen molar-refractivity contribution in [2.24, 2.45) is 5.41 Å². The van der Waals surface area contributed by atoms with Crippen LogP contribution in [0.5, 0.6) is 11.5 Å². The molecule has 0 saturated heterocycles. The van der Waals surface area contributed by atoms with E-state index in [0.29, 0.717) is 58.5 Å². The molecule has 0 saturated carbocycles. The zero-order chi connectivity index (χ0) is 30.4. The van der Waals surface area contributed by atoms with Crippen molar-refractivity contribution in [3.8, 4) is 11.5 Å². The third-order valence-electron chi connectivity index (χ3n) is 7.04. The highest BCUT2D eigenvalue weighted by Crippen LogP contribution is 2.45. The summed E-state index contributed by atoms with van der Waals surface area (Å²) in [5.74, 6) is 0.396. The second-order valence-corrected chi connectivity index (χ2v) is 11.4. The van der Waals surface area contributed by atoms with Crippen molar-refractivity contribution >= 4 is 29.2 Å². The monoisotopic (exact) mass is 601 g/mol. The first kappa shape index (κ1) is 31.3. The number of nitrogens with zero attached hydrogens (tertiary/aromatic N) is 3. The number of ether oxygens (including phenoxy) is 3. The molecule has 1 aliphatic rings. The molecule has 2 aromatic carbocycles. The van der Waals surface area contributed by atoms with Gasteiger partial charge in [-0.05, 0) is 37.1 Å². The Morgan fingerprint density at radius 2 is 1.93 bits per heavy atom.